The zero-order valence-corrected chi connectivity index (χ0v) is 10.5. The Morgan fingerprint density at radius 3 is 2.11 bits per heavy atom. The second-order valence-electron chi connectivity index (χ2n) is 4.76. The molecule has 19 heavy (non-hydrogen) atoms. The van der Waals surface area contributed by atoms with E-state index in [4.69, 9.17) is 0 Å². The molecule has 0 N–H and O–H groups in total. The quantitative estimate of drug-likeness (QED) is 0.831. The Bertz CT molecular complexity index is 570. The highest BCUT2D eigenvalue weighted by atomic mass is 19.2. The van der Waals surface area contributed by atoms with Gasteiger partial charge in [-0.2, -0.15) is 0 Å². The van der Waals surface area contributed by atoms with Crippen molar-refractivity contribution in [3.05, 3.63) is 53.4 Å². The van der Waals surface area contributed by atoms with Crippen molar-refractivity contribution < 1.29 is 8.78 Å². The summed E-state index contributed by atoms with van der Waals surface area (Å²) in [7, 11) is 1.90. The van der Waals surface area contributed by atoms with E-state index in [-0.39, 0.29) is 6.04 Å². The highest BCUT2D eigenvalue weighted by molar-refractivity contribution is 5.40. The van der Waals surface area contributed by atoms with Crippen LogP contribution >= 0.6 is 0 Å². The van der Waals surface area contributed by atoms with E-state index in [0.29, 0.717) is 18.8 Å². The van der Waals surface area contributed by atoms with Crippen molar-refractivity contribution in [3.63, 3.8) is 0 Å². The van der Waals surface area contributed by atoms with Crippen LogP contribution in [0.15, 0.2) is 30.6 Å². The molecule has 3 rings (SSSR count). The fraction of sp³-hybridized carbons (Fsp3) is 0.286. The molecule has 98 valence electrons. The minimum absolute atomic E-state index is 0.138. The van der Waals surface area contributed by atoms with Gasteiger partial charge in [0.15, 0.2) is 11.6 Å². The van der Waals surface area contributed by atoms with Crippen LogP contribution in [-0.2, 0) is 12.8 Å². The second kappa shape index (κ2) is 4.57. The van der Waals surface area contributed by atoms with Crippen LogP contribution in [0.1, 0.15) is 11.1 Å². The third kappa shape index (κ3) is 2.16. The zero-order chi connectivity index (χ0) is 13.4. The van der Waals surface area contributed by atoms with Crippen molar-refractivity contribution in [2.45, 2.75) is 18.9 Å². The lowest BCUT2D eigenvalue weighted by Gasteiger charge is -2.23. The molecule has 1 aromatic heterocycles. The number of aromatic nitrogens is 2. The van der Waals surface area contributed by atoms with E-state index < -0.39 is 11.6 Å². The van der Waals surface area contributed by atoms with Crippen molar-refractivity contribution in [2.24, 2.45) is 0 Å². The number of likely N-dealkylation sites (N-methyl/N-ethyl adjacent to an activating group) is 1. The average molecular weight is 261 g/mol. The molecule has 0 aliphatic heterocycles. The molecular weight excluding hydrogens is 248 g/mol. The Hall–Kier alpha value is -2.04. The summed E-state index contributed by atoms with van der Waals surface area (Å²) >= 11 is 0. The number of halogens is 2. The lowest BCUT2D eigenvalue weighted by Crippen LogP contribution is -2.33. The maximum absolute atomic E-state index is 13.2. The van der Waals surface area contributed by atoms with Crippen molar-refractivity contribution >= 4 is 5.95 Å². The van der Waals surface area contributed by atoms with Crippen LogP contribution in [-0.4, -0.2) is 23.1 Å². The molecule has 0 fully saturated rings. The fourth-order valence-corrected chi connectivity index (χ4v) is 2.50. The summed E-state index contributed by atoms with van der Waals surface area (Å²) < 4.78 is 26.4. The van der Waals surface area contributed by atoms with E-state index in [1.165, 1.54) is 12.1 Å². The first-order chi connectivity index (χ1) is 9.15. The Morgan fingerprint density at radius 1 is 1.05 bits per heavy atom. The Labute approximate surface area is 109 Å². The molecule has 0 saturated carbocycles. The zero-order valence-electron chi connectivity index (χ0n) is 10.5. The van der Waals surface area contributed by atoms with Gasteiger partial charge in [-0.1, -0.05) is 0 Å². The topological polar surface area (TPSA) is 29.0 Å². The summed E-state index contributed by atoms with van der Waals surface area (Å²) in [6.45, 7) is 0. The number of hydrogen-bond acceptors (Lipinski definition) is 3. The van der Waals surface area contributed by atoms with Crippen LogP contribution in [0.25, 0.3) is 0 Å². The van der Waals surface area contributed by atoms with E-state index in [9.17, 15) is 8.78 Å². The Balaban J connectivity index is 1.84. The summed E-state index contributed by atoms with van der Waals surface area (Å²) in [5.74, 6) is -0.933. The third-order valence-corrected chi connectivity index (χ3v) is 3.57. The Kier molecular flexibility index (Phi) is 2.89. The molecule has 1 heterocycles. The number of rotatable bonds is 2. The SMILES string of the molecule is CN(c1ncccn1)C1Cc2cc(F)c(F)cc2C1. The van der Waals surface area contributed by atoms with Crippen LogP contribution in [0.5, 0.6) is 0 Å². The molecule has 1 aromatic carbocycles. The molecule has 2 aromatic rings. The van der Waals surface area contributed by atoms with E-state index in [0.717, 1.165) is 11.1 Å². The highest BCUT2D eigenvalue weighted by Crippen LogP contribution is 2.28. The van der Waals surface area contributed by atoms with E-state index in [1.807, 2.05) is 11.9 Å². The second-order valence-corrected chi connectivity index (χ2v) is 4.76. The van der Waals surface area contributed by atoms with Crippen molar-refractivity contribution in [2.75, 3.05) is 11.9 Å². The van der Waals surface area contributed by atoms with Gasteiger partial charge in [0.2, 0.25) is 5.95 Å². The highest BCUT2D eigenvalue weighted by Gasteiger charge is 2.27. The standard InChI is InChI=1S/C14H13F2N3/c1-19(14-17-3-2-4-18-14)11-5-9-7-12(15)13(16)8-10(9)6-11/h2-4,7-8,11H,5-6H2,1H3. The molecule has 0 saturated heterocycles. The van der Waals surface area contributed by atoms with Gasteiger partial charge in [0.05, 0.1) is 0 Å². The Morgan fingerprint density at radius 2 is 1.58 bits per heavy atom. The molecule has 0 atom stereocenters. The van der Waals surface area contributed by atoms with E-state index >= 15 is 0 Å². The summed E-state index contributed by atoms with van der Waals surface area (Å²) in [5.41, 5.74) is 1.73. The molecule has 0 spiro atoms. The van der Waals surface area contributed by atoms with E-state index in [2.05, 4.69) is 9.97 Å². The molecular formula is C14H13F2N3. The number of hydrogen-bond donors (Lipinski definition) is 0. The van der Waals surface area contributed by atoms with Gasteiger partial charge in [-0.3, -0.25) is 0 Å². The predicted molar refractivity (Wildman–Crippen MR) is 68.0 cm³/mol. The summed E-state index contributed by atoms with van der Waals surface area (Å²) in [4.78, 5) is 10.3. The van der Waals surface area contributed by atoms with E-state index in [1.54, 1.807) is 18.5 Å². The fourth-order valence-electron chi connectivity index (χ4n) is 2.50. The van der Waals surface area contributed by atoms with Crippen LogP contribution in [0, 0.1) is 11.6 Å². The average Bonchev–Trinajstić information content (AvgIpc) is 2.82. The molecule has 3 nitrogen and oxygen atoms in total. The molecule has 0 amide bonds. The molecule has 0 bridgehead atoms. The van der Waals surface area contributed by atoms with Gasteiger partial charge in [0.1, 0.15) is 0 Å². The first-order valence-corrected chi connectivity index (χ1v) is 6.12. The third-order valence-electron chi connectivity index (χ3n) is 3.57. The maximum Gasteiger partial charge on any atom is 0.225 e. The van der Waals surface area contributed by atoms with Gasteiger partial charge >= 0.3 is 0 Å². The molecule has 1 aliphatic carbocycles. The monoisotopic (exact) mass is 261 g/mol. The van der Waals surface area contributed by atoms with Crippen LogP contribution in [0.2, 0.25) is 0 Å². The minimum atomic E-state index is -0.780. The first kappa shape index (κ1) is 12.0. The van der Waals surface area contributed by atoms with Crippen molar-refractivity contribution in [1.82, 2.24) is 9.97 Å². The van der Waals surface area contributed by atoms with Gasteiger partial charge in [0.25, 0.3) is 0 Å². The normalized spacial score (nSPS) is 14.5. The predicted octanol–water partition coefficient (Wildman–Crippen LogP) is 2.36. The minimum Gasteiger partial charge on any atom is -0.340 e. The lowest BCUT2D eigenvalue weighted by atomic mass is 10.1. The lowest BCUT2D eigenvalue weighted by molar-refractivity contribution is 0.507. The number of benzene rings is 1. The maximum atomic E-state index is 13.2. The smallest absolute Gasteiger partial charge is 0.225 e. The summed E-state index contributed by atoms with van der Waals surface area (Å²) in [6.07, 6.45) is 4.73. The number of nitrogens with zero attached hydrogens (tertiary/aromatic N) is 3. The van der Waals surface area contributed by atoms with Crippen molar-refractivity contribution in [3.8, 4) is 0 Å². The van der Waals surface area contributed by atoms with Crippen LogP contribution in [0.3, 0.4) is 0 Å². The molecule has 0 unspecified atom stereocenters. The van der Waals surface area contributed by atoms with Gasteiger partial charge in [-0.25, -0.2) is 18.7 Å². The van der Waals surface area contributed by atoms with Gasteiger partial charge in [-0.05, 0) is 42.2 Å². The van der Waals surface area contributed by atoms with Gasteiger partial charge < -0.3 is 4.90 Å². The van der Waals surface area contributed by atoms with Gasteiger partial charge in [-0.15, -0.1) is 0 Å². The largest absolute Gasteiger partial charge is 0.340 e. The van der Waals surface area contributed by atoms with Crippen molar-refractivity contribution in [1.29, 1.82) is 0 Å². The van der Waals surface area contributed by atoms with Gasteiger partial charge in [0, 0.05) is 25.5 Å². The molecule has 5 heteroatoms. The van der Waals surface area contributed by atoms with Crippen LogP contribution in [0.4, 0.5) is 14.7 Å². The summed E-state index contributed by atoms with van der Waals surface area (Å²) in [5, 5.41) is 0. The summed E-state index contributed by atoms with van der Waals surface area (Å²) in [6, 6.07) is 4.49. The first-order valence-electron chi connectivity index (χ1n) is 6.12. The molecule has 1 aliphatic rings. The van der Waals surface area contributed by atoms with Crippen LogP contribution < -0.4 is 4.90 Å². The number of anilines is 1. The number of fused-ring (bicyclic) bond motifs is 1. The molecule has 0 radical (unpaired) electrons.